The van der Waals surface area contributed by atoms with Crippen LogP contribution in [-0.4, -0.2) is 19.4 Å². The molecule has 0 bridgehead atoms. The molecule has 0 spiro atoms. The Balaban J connectivity index is 1.09. The summed E-state index contributed by atoms with van der Waals surface area (Å²) in [4.78, 5) is 16.0. The second-order valence-corrected chi connectivity index (χ2v) is 14.0. The number of hydrogen-bond acceptors (Lipinski definition) is 4. The maximum atomic E-state index is 6.11. The molecule has 5 nitrogen and oxygen atoms in total. The summed E-state index contributed by atoms with van der Waals surface area (Å²) in [6.45, 7) is 0. The molecule has 0 aliphatic carbocycles. The summed E-state index contributed by atoms with van der Waals surface area (Å²) in [6.07, 6.45) is 2.16. The normalized spacial score (nSPS) is 12.1. The minimum Gasteiger partial charge on any atom is -0.456 e. The van der Waals surface area contributed by atoms with Gasteiger partial charge in [0.15, 0.2) is 0 Å². The second kappa shape index (κ2) is 11.1. The number of imidazole rings is 1. The van der Waals surface area contributed by atoms with Crippen molar-refractivity contribution >= 4 is 82.0 Å². The molecular weight excluding hydrogens is 661 g/mol. The van der Waals surface area contributed by atoms with Crippen LogP contribution in [-0.2, 0) is 0 Å². The van der Waals surface area contributed by atoms with Gasteiger partial charge in [-0.1, -0.05) is 121 Å². The zero-order valence-corrected chi connectivity index (χ0v) is 28.9. The molecule has 0 amide bonds. The van der Waals surface area contributed by atoms with Crippen molar-refractivity contribution in [3.05, 3.63) is 170 Å². The first-order chi connectivity index (χ1) is 26.7. The Bertz CT molecular complexity index is 3510. The van der Waals surface area contributed by atoms with Gasteiger partial charge < -0.3 is 4.42 Å². The molecule has 12 rings (SSSR count). The number of fused-ring (bicyclic) bond motifs is 14. The van der Waals surface area contributed by atoms with E-state index >= 15 is 0 Å². The summed E-state index contributed by atoms with van der Waals surface area (Å²) in [5, 5.41) is 9.05. The van der Waals surface area contributed by atoms with E-state index in [0.29, 0.717) is 0 Å². The number of para-hydroxylation sites is 1. The molecule has 54 heavy (non-hydrogen) atoms. The number of furan rings is 1. The maximum Gasteiger partial charge on any atom is 0.138 e. The van der Waals surface area contributed by atoms with Crippen LogP contribution in [0.4, 0.5) is 0 Å². The number of aromatic nitrogens is 4. The fraction of sp³-hybridized carbons (Fsp3) is 0. The van der Waals surface area contributed by atoms with Crippen LogP contribution in [0.5, 0.6) is 0 Å². The summed E-state index contributed by atoms with van der Waals surface area (Å²) in [6, 6.07) is 57.4. The Morgan fingerprint density at radius 2 is 1.09 bits per heavy atom. The highest BCUT2D eigenvalue weighted by molar-refractivity contribution is 6.24. The fourth-order valence-corrected chi connectivity index (χ4v) is 8.41. The van der Waals surface area contributed by atoms with Gasteiger partial charge in [0.25, 0.3) is 0 Å². The van der Waals surface area contributed by atoms with Crippen LogP contribution in [0.15, 0.2) is 174 Å². The molecule has 8 aromatic carbocycles. The number of nitrogens with zero attached hydrogens (tertiary/aromatic N) is 4. The van der Waals surface area contributed by atoms with Crippen molar-refractivity contribution in [2.24, 2.45) is 0 Å². The van der Waals surface area contributed by atoms with Crippen LogP contribution < -0.4 is 0 Å². The standard InChI is InChI=1S/C49H28N4O/c1-2-11-30(12-3-1)45-46(52-47-34-13-5-4-10-29(34)19-22-41(47)50-45)33-18-21-38-39(27-33)35-14-6-7-16-37(35)48-49(38)53-25-24-32(28-44(53)51-48)31-20-23-43-40(26-31)36-15-8-9-17-42(36)54-43/h1-28H. The van der Waals surface area contributed by atoms with Gasteiger partial charge in [-0.15, -0.1) is 0 Å². The minimum absolute atomic E-state index is 0.862. The van der Waals surface area contributed by atoms with E-state index in [-0.39, 0.29) is 0 Å². The van der Waals surface area contributed by atoms with E-state index in [2.05, 4.69) is 156 Å². The van der Waals surface area contributed by atoms with Gasteiger partial charge >= 0.3 is 0 Å². The first kappa shape index (κ1) is 29.2. The quantitative estimate of drug-likeness (QED) is 0.173. The van der Waals surface area contributed by atoms with E-state index in [1.165, 1.54) is 0 Å². The summed E-state index contributed by atoms with van der Waals surface area (Å²) in [5.41, 5.74) is 12.6. The summed E-state index contributed by atoms with van der Waals surface area (Å²) in [7, 11) is 0. The van der Waals surface area contributed by atoms with E-state index in [9.17, 15) is 0 Å². The fourth-order valence-electron chi connectivity index (χ4n) is 8.41. The topological polar surface area (TPSA) is 56.2 Å². The van der Waals surface area contributed by atoms with Crippen LogP contribution in [0.3, 0.4) is 0 Å². The van der Waals surface area contributed by atoms with Crippen LogP contribution in [0, 0.1) is 0 Å². The van der Waals surface area contributed by atoms with Gasteiger partial charge in [0.1, 0.15) is 16.8 Å². The molecule has 4 aromatic heterocycles. The van der Waals surface area contributed by atoms with Crippen molar-refractivity contribution in [1.29, 1.82) is 0 Å². The molecule has 0 N–H and O–H groups in total. The lowest BCUT2D eigenvalue weighted by atomic mass is 9.95. The van der Waals surface area contributed by atoms with Crippen LogP contribution in [0.2, 0.25) is 0 Å². The first-order valence-corrected chi connectivity index (χ1v) is 18.2. The number of benzene rings is 8. The van der Waals surface area contributed by atoms with Crippen molar-refractivity contribution in [2.75, 3.05) is 0 Å². The van der Waals surface area contributed by atoms with Crippen molar-refractivity contribution in [3.8, 4) is 33.6 Å². The van der Waals surface area contributed by atoms with Gasteiger partial charge in [-0.05, 0) is 69.8 Å². The molecule has 12 aromatic rings. The molecule has 250 valence electrons. The molecule has 5 heteroatoms. The number of pyridine rings is 1. The molecular formula is C49H28N4O. The largest absolute Gasteiger partial charge is 0.456 e. The van der Waals surface area contributed by atoms with Crippen molar-refractivity contribution in [3.63, 3.8) is 0 Å². The number of hydrogen-bond donors (Lipinski definition) is 0. The highest BCUT2D eigenvalue weighted by atomic mass is 16.3. The Morgan fingerprint density at radius 1 is 0.389 bits per heavy atom. The summed E-state index contributed by atoms with van der Waals surface area (Å²) in [5.74, 6) is 0. The van der Waals surface area contributed by atoms with E-state index in [4.69, 9.17) is 19.4 Å². The van der Waals surface area contributed by atoms with Gasteiger partial charge in [0.05, 0.1) is 33.5 Å². The summed E-state index contributed by atoms with van der Waals surface area (Å²) < 4.78 is 8.35. The third-order valence-corrected chi connectivity index (χ3v) is 11.0. The Morgan fingerprint density at radius 3 is 2.00 bits per heavy atom. The highest BCUT2D eigenvalue weighted by Crippen LogP contribution is 2.40. The van der Waals surface area contributed by atoms with Crippen molar-refractivity contribution in [2.45, 2.75) is 0 Å². The monoisotopic (exact) mass is 688 g/mol. The molecule has 0 saturated carbocycles. The molecule has 0 aliphatic heterocycles. The third kappa shape index (κ3) is 4.24. The molecule has 0 unspecified atom stereocenters. The Labute approximate surface area is 308 Å². The molecule has 0 fully saturated rings. The van der Waals surface area contributed by atoms with Gasteiger partial charge in [0.2, 0.25) is 0 Å². The predicted molar refractivity (Wildman–Crippen MR) is 222 cm³/mol. The maximum absolute atomic E-state index is 6.11. The Kier molecular flexibility index (Phi) is 5.99. The van der Waals surface area contributed by atoms with Crippen LogP contribution >= 0.6 is 0 Å². The smallest absolute Gasteiger partial charge is 0.138 e. The van der Waals surface area contributed by atoms with Crippen molar-refractivity contribution in [1.82, 2.24) is 19.4 Å². The van der Waals surface area contributed by atoms with Crippen molar-refractivity contribution < 1.29 is 4.42 Å². The van der Waals surface area contributed by atoms with Crippen LogP contribution in [0.25, 0.3) is 116 Å². The van der Waals surface area contributed by atoms with Gasteiger partial charge in [-0.2, -0.15) is 0 Å². The van der Waals surface area contributed by atoms with E-state index < -0.39 is 0 Å². The van der Waals surface area contributed by atoms with Crippen LogP contribution in [0.1, 0.15) is 0 Å². The third-order valence-electron chi connectivity index (χ3n) is 11.0. The Hall–Kier alpha value is -7.37. The lowest BCUT2D eigenvalue weighted by Gasteiger charge is -2.14. The average molecular weight is 689 g/mol. The van der Waals surface area contributed by atoms with E-state index in [0.717, 1.165) is 116 Å². The molecule has 4 heterocycles. The number of rotatable bonds is 3. The van der Waals surface area contributed by atoms with E-state index in [1.54, 1.807) is 0 Å². The zero-order chi connectivity index (χ0) is 35.3. The molecule has 0 saturated heterocycles. The lowest BCUT2D eigenvalue weighted by molar-refractivity contribution is 0.669. The van der Waals surface area contributed by atoms with E-state index in [1.807, 2.05) is 18.2 Å². The lowest BCUT2D eigenvalue weighted by Crippen LogP contribution is -1.96. The second-order valence-electron chi connectivity index (χ2n) is 14.0. The zero-order valence-electron chi connectivity index (χ0n) is 28.9. The molecule has 0 aliphatic rings. The predicted octanol–water partition coefficient (Wildman–Crippen LogP) is 12.8. The SMILES string of the molecule is c1ccc(-c2nc3ccc4ccccc4c3nc2-c2ccc3c(c2)c2ccccc2c2nc4cc(-c5ccc6oc7ccccc7c6c5)ccn4c32)cc1. The van der Waals surface area contributed by atoms with Gasteiger partial charge in [-0.3, -0.25) is 4.40 Å². The van der Waals surface area contributed by atoms with Gasteiger partial charge in [0, 0.05) is 44.3 Å². The average Bonchev–Trinajstić information content (AvgIpc) is 3.82. The highest BCUT2D eigenvalue weighted by Gasteiger charge is 2.19. The molecule has 0 atom stereocenters. The van der Waals surface area contributed by atoms with Gasteiger partial charge in [-0.25, -0.2) is 15.0 Å². The molecule has 0 radical (unpaired) electrons. The summed E-state index contributed by atoms with van der Waals surface area (Å²) >= 11 is 0. The first-order valence-electron chi connectivity index (χ1n) is 18.2. The minimum atomic E-state index is 0.862.